The summed E-state index contributed by atoms with van der Waals surface area (Å²) in [5, 5.41) is 0.774. The smallest absolute Gasteiger partial charge is 0.0478 e. The zero-order chi connectivity index (χ0) is 27.3. The van der Waals surface area contributed by atoms with Gasteiger partial charge in [0.05, 0.1) is 0 Å². The molecule has 0 aliphatic heterocycles. The van der Waals surface area contributed by atoms with Crippen molar-refractivity contribution in [3.05, 3.63) is 129 Å². The van der Waals surface area contributed by atoms with E-state index in [0.717, 1.165) is 46.8 Å². The average molecular weight is 594 g/mol. The van der Waals surface area contributed by atoms with Crippen LogP contribution in [0.15, 0.2) is 102 Å². The van der Waals surface area contributed by atoms with Crippen LogP contribution >= 0.6 is 27.5 Å². The normalized spacial score (nSPS) is 12.6. The third-order valence-corrected chi connectivity index (χ3v) is 7.14. The Morgan fingerprint density at radius 3 is 1.42 bits per heavy atom. The first kappa shape index (κ1) is 30.0. The van der Waals surface area contributed by atoms with E-state index in [1.54, 1.807) is 0 Å². The van der Waals surface area contributed by atoms with Crippen molar-refractivity contribution in [1.82, 2.24) is 19.8 Å². The van der Waals surface area contributed by atoms with Crippen LogP contribution in [0.1, 0.15) is 47.2 Å². The molecule has 0 radical (unpaired) electrons. The molecule has 4 nitrogen and oxygen atoms in total. The highest BCUT2D eigenvalue weighted by molar-refractivity contribution is 9.10. The van der Waals surface area contributed by atoms with Crippen molar-refractivity contribution in [3.63, 3.8) is 0 Å². The van der Waals surface area contributed by atoms with E-state index >= 15 is 0 Å². The summed E-state index contributed by atoms with van der Waals surface area (Å²) in [6.45, 7) is 2.08. The van der Waals surface area contributed by atoms with Gasteiger partial charge in [-0.25, -0.2) is 0 Å². The molecular formula is C32H38BrClN4. The summed E-state index contributed by atoms with van der Waals surface area (Å²) in [7, 11) is 8.41. The quantitative estimate of drug-likeness (QED) is 0.188. The fourth-order valence-electron chi connectivity index (χ4n) is 4.30. The molecular weight excluding hydrogens is 556 g/mol. The van der Waals surface area contributed by atoms with Gasteiger partial charge in [-0.2, -0.15) is 0 Å². The molecule has 2 aromatic heterocycles. The predicted molar refractivity (Wildman–Crippen MR) is 164 cm³/mol. The van der Waals surface area contributed by atoms with E-state index in [9.17, 15) is 0 Å². The summed E-state index contributed by atoms with van der Waals surface area (Å²) in [4.78, 5) is 13.4. The summed E-state index contributed by atoms with van der Waals surface area (Å²) in [6, 6.07) is 28.9. The van der Waals surface area contributed by atoms with Gasteiger partial charge in [0.25, 0.3) is 0 Å². The minimum atomic E-state index is 0.320. The minimum absolute atomic E-state index is 0.320. The van der Waals surface area contributed by atoms with Crippen LogP contribution in [0.2, 0.25) is 5.02 Å². The number of rotatable bonds is 10. The van der Waals surface area contributed by atoms with E-state index in [1.807, 2.05) is 42.7 Å². The molecule has 0 saturated heterocycles. The van der Waals surface area contributed by atoms with Crippen LogP contribution in [-0.2, 0) is 0 Å². The van der Waals surface area contributed by atoms with Gasteiger partial charge in [-0.1, -0.05) is 63.9 Å². The summed E-state index contributed by atoms with van der Waals surface area (Å²) >= 11 is 9.46. The van der Waals surface area contributed by atoms with Gasteiger partial charge >= 0.3 is 0 Å². The monoisotopic (exact) mass is 592 g/mol. The van der Waals surface area contributed by atoms with Crippen molar-refractivity contribution in [2.45, 2.75) is 24.7 Å². The number of hydrogen-bond donors (Lipinski definition) is 0. The third kappa shape index (κ3) is 9.95. The molecule has 4 aromatic rings. The van der Waals surface area contributed by atoms with Crippen LogP contribution in [0.3, 0.4) is 0 Å². The number of nitrogens with zero attached hydrogens (tertiary/aromatic N) is 4. The zero-order valence-corrected chi connectivity index (χ0v) is 25.1. The van der Waals surface area contributed by atoms with Gasteiger partial charge in [0.2, 0.25) is 0 Å². The Kier molecular flexibility index (Phi) is 12.4. The second-order valence-corrected chi connectivity index (χ2v) is 11.3. The second-order valence-electron chi connectivity index (χ2n) is 9.90. The SMILES string of the molecule is CN(C)CCC(c1ccc(Br)cc1)c1ccccn1.CN(C)CCC(c1ccc(Cl)cc1)c1ccccn1. The molecule has 0 N–H and O–H groups in total. The van der Waals surface area contributed by atoms with Crippen molar-refractivity contribution in [1.29, 1.82) is 0 Å². The lowest BCUT2D eigenvalue weighted by Gasteiger charge is -2.19. The molecule has 0 aliphatic rings. The summed E-state index contributed by atoms with van der Waals surface area (Å²) in [5.74, 6) is 0.678. The molecule has 0 saturated carbocycles. The Morgan fingerprint density at radius 2 is 1.05 bits per heavy atom. The Balaban J connectivity index is 0.000000211. The van der Waals surface area contributed by atoms with Crippen LogP contribution in [0.4, 0.5) is 0 Å². The highest BCUT2D eigenvalue weighted by atomic mass is 79.9. The molecule has 0 amide bonds. The first-order valence-electron chi connectivity index (χ1n) is 13.0. The molecule has 4 rings (SSSR count). The number of hydrogen-bond acceptors (Lipinski definition) is 4. The topological polar surface area (TPSA) is 32.3 Å². The largest absolute Gasteiger partial charge is 0.309 e. The maximum Gasteiger partial charge on any atom is 0.0478 e. The van der Waals surface area contributed by atoms with Crippen molar-refractivity contribution in [2.24, 2.45) is 0 Å². The van der Waals surface area contributed by atoms with E-state index in [-0.39, 0.29) is 0 Å². The Hall–Kier alpha value is -2.57. The molecule has 38 heavy (non-hydrogen) atoms. The van der Waals surface area contributed by atoms with Gasteiger partial charge in [0.15, 0.2) is 0 Å². The van der Waals surface area contributed by atoms with Gasteiger partial charge in [-0.05, 0) is 114 Å². The first-order valence-corrected chi connectivity index (χ1v) is 14.1. The maximum atomic E-state index is 5.97. The van der Waals surface area contributed by atoms with Crippen LogP contribution in [-0.4, -0.2) is 61.0 Å². The van der Waals surface area contributed by atoms with Crippen molar-refractivity contribution in [2.75, 3.05) is 41.3 Å². The second kappa shape index (κ2) is 15.7. The molecule has 2 heterocycles. The predicted octanol–water partition coefficient (Wildman–Crippen LogP) is 7.75. The van der Waals surface area contributed by atoms with E-state index in [4.69, 9.17) is 11.6 Å². The highest BCUT2D eigenvalue weighted by Gasteiger charge is 2.16. The van der Waals surface area contributed by atoms with E-state index in [1.165, 1.54) is 11.1 Å². The molecule has 2 unspecified atom stereocenters. The molecule has 6 heteroatoms. The van der Waals surface area contributed by atoms with Crippen LogP contribution in [0, 0.1) is 0 Å². The zero-order valence-electron chi connectivity index (χ0n) is 22.8. The van der Waals surface area contributed by atoms with E-state index < -0.39 is 0 Å². The lowest BCUT2D eigenvalue weighted by molar-refractivity contribution is 0.389. The van der Waals surface area contributed by atoms with Gasteiger partial charge in [-0.15, -0.1) is 0 Å². The number of benzene rings is 2. The summed E-state index contributed by atoms with van der Waals surface area (Å²) in [6.07, 6.45) is 5.85. The Bertz CT molecular complexity index is 1090. The van der Waals surface area contributed by atoms with E-state index in [0.29, 0.717) is 11.8 Å². The lowest BCUT2D eigenvalue weighted by atomic mass is 9.92. The Morgan fingerprint density at radius 1 is 0.632 bits per heavy atom. The molecule has 0 spiro atoms. The molecule has 0 aliphatic carbocycles. The standard InChI is InChI=1S/C16H19BrN2.C16H19ClN2/c2*1-19(2)12-10-15(16-5-3-4-11-18-16)13-6-8-14(17)9-7-13/h2*3-9,11,15H,10,12H2,1-2H3. The fraction of sp³-hybridized carbons (Fsp3) is 0.312. The van der Waals surface area contributed by atoms with Crippen LogP contribution in [0.5, 0.6) is 0 Å². The van der Waals surface area contributed by atoms with Gasteiger partial charge in [-0.3, -0.25) is 9.97 Å². The minimum Gasteiger partial charge on any atom is -0.309 e. The number of pyridine rings is 2. The van der Waals surface area contributed by atoms with Crippen LogP contribution in [0.25, 0.3) is 0 Å². The van der Waals surface area contributed by atoms with Gasteiger partial charge in [0.1, 0.15) is 0 Å². The summed E-state index contributed by atoms with van der Waals surface area (Å²) in [5.41, 5.74) is 4.85. The first-order chi connectivity index (χ1) is 18.3. The number of halogens is 2. The molecule has 2 aromatic carbocycles. The van der Waals surface area contributed by atoms with Crippen molar-refractivity contribution < 1.29 is 0 Å². The molecule has 2 atom stereocenters. The lowest BCUT2D eigenvalue weighted by Crippen LogP contribution is -2.17. The van der Waals surface area contributed by atoms with E-state index in [2.05, 4.69) is 118 Å². The molecule has 200 valence electrons. The maximum absolute atomic E-state index is 5.97. The fourth-order valence-corrected chi connectivity index (χ4v) is 4.69. The summed E-state index contributed by atoms with van der Waals surface area (Å²) < 4.78 is 1.11. The van der Waals surface area contributed by atoms with Gasteiger partial charge in [0, 0.05) is 45.1 Å². The number of aromatic nitrogens is 2. The van der Waals surface area contributed by atoms with Crippen LogP contribution < -0.4 is 0 Å². The molecule has 0 fully saturated rings. The third-order valence-electron chi connectivity index (χ3n) is 6.36. The van der Waals surface area contributed by atoms with Gasteiger partial charge < -0.3 is 9.80 Å². The van der Waals surface area contributed by atoms with Crippen molar-refractivity contribution >= 4 is 27.5 Å². The Labute approximate surface area is 241 Å². The highest BCUT2D eigenvalue weighted by Crippen LogP contribution is 2.28. The average Bonchev–Trinajstić information content (AvgIpc) is 2.92. The van der Waals surface area contributed by atoms with Crippen molar-refractivity contribution in [3.8, 4) is 0 Å². The molecule has 0 bridgehead atoms.